The smallest absolute Gasteiger partial charge is 0.475 e. The Morgan fingerprint density at radius 2 is 1.68 bits per heavy atom. The quantitative estimate of drug-likeness (QED) is 0.583. The van der Waals surface area contributed by atoms with Crippen molar-refractivity contribution in [1.82, 2.24) is 14.5 Å². The fourth-order valence-corrected chi connectivity index (χ4v) is 4.55. The summed E-state index contributed by atoms with van der Waals surface area (Å²) in [7, 11) is -3.31. The van der Waals surface area contributed by atoms with Crippen LogP contribution in [0.5, 0.6) is 0 Å². The zero-order chi connectivity index (χ0) is 23.2. The van der Waals surface area contributed by atoms with Gasteiger partial charge >= 0.3 is 12.1 Å². The molecule has 2 aliphatic rings. The first-order chi connectivity index (χ1) is 14.4. The van der Waals surface area contributed by atoms with Crippen molar-refractivity contribution < 1.29 is 36.3 Å². The fraction of sp³-hybridized carbons (Fsp3) is 0.556. The highest BCUT2D eigenvalue weighted by molar-refractivity contribution is 9.10. The maximum atomic E-state index is 12.7. The molecule has 3 rings (SSSR count). The minimum atomic E-state index is -5.08. The van der Waals surface area contributed by atoms with Gasteiger partial charge in [0.25, 0.3) is 5.91 Å². The third-order valence-corrected chi connectivity index (χ3v) is 7.02. The standard InChI is InChI=1S/C16H22BrN3O3S.C2HF3O2/c17-14-3-1-13(2-4-14)16(21)20(15-5-6-15)11-12-24(22,23)19-9-7-18-8-10-19;3-2(4,5)1(6)7/h1-4,15,18H,5-12H2;(H,6,7). The number of sulfonamides is 1. The van der Waals surface area contributed by atoms with Gasteiger partial charge in [-0.1, -0.05) is 15.9 Å². The molecule has 0 unspecified atom stereocenters. The molecule has 13 heteroatoms. The number of rotatable bonds is 6. The average molecular weight is 530 g/mol. The molecule has 1 aromatic carbocycles. The Hall–Kier alpha value is -1.70. The number of carboxylic acids is 1. The van der Waals surface area contributed by atoms with Crippen LogP contribution in [0.4, 0.5) is 13.2 Å². The van der Waals surface area contributed by atoms with Gasteiger partial charge in [-0.3, -0.25) is 4.79 Å². The van der Waals surface area contributed by atoms with Gasteiger partial charge in [0, 0.05) is 48.8 Å². The van der Waals surface area contributed by atoms with Crippen LogP contribution in [0.15, 0.2) is 28.7 Å². The van der Waals surface area contributed by atoms with Crippen LogP contribution in [0, 0.1) is 0 Å². The first kappa shape index (κ1) is 25.6. The maximum Gasteiger partial charge on any atom is 0.490 e. The fourth-order valence-electron chi connectivity index (χ4n) is 2.86. The Kier molecular flexibility index (Phi) is 8.86. The number of carbonyl (C=O) groups is 2. The van der Waals surface area contributed by atoms with Crippen LogP contribution >= 0.6 is 15.9 Å². The topological polar surface area (TPSA) is 107 Å². The van der Waals surface area contributed by atoms with Crippen LogP contribution in [-0.4, -0.2) is 85.3 Å². The highest BCUT2D eigenvalue weighted by Gasteiger charge is 2.38. The number of halogens is 4. The Morgan fingerprint density at radius 1 is 1.16 bits per heavy atom. The van der Waals surface area contributed by atoms with E-state index in [1.54, 1.807) is 17.0 Å². The number of carbonyl (C=O) groups excluding carboxylic acids is 1. The van der Waals surface area contributed by atoms with Crippen LogP contribution in [-0.2, 0) is 14.8 Å². The molecular formula is C18H23BrF3N3O5S. The van der Waals surface area contributed by atoms with Gasteiger partial charge < -0.3 is 15.3 Å². The lowest BCUT2D eigenvalue weighted by molar-refractivity contribution is -0.192. The van der Waals surface area contributed by atoms with Gasteiger partial charge in [-0.25, -0.2) is 13.2 Å². The summed E-state index contributed by atoms with van der Waals surface area (Å²) in [5.41, 5.74) is 0.602. The molecule has 174 valence electrons. The van der Waals surface area contributed by atoms with Gasteiger partial charge in [-0.2, -0.15) is 17.5 Å². The molecule has 31 heavy (non-hydrogen) atoms. The minimum absolute atomic E-state index is 0.00817. The lowest BCUT2D eigenvalue weighted by Gasteiger charge is -2.28. The van der Waals surface area contributed by atoms with Crippen molar-refractivity contribution in [3.63, 3.8) is 0 Å². The highest BCUT2D eigenvalue weighted by atomic mass is 79.9. The van der Waals surface area contributed by atoms with Gasteiger partial charge in [-0.05, 0) is 37.1 Å². The summed E-state index contributed by atoms with van der Waals surface area (Å²) in [6, 6.07) is 7.38. The van der Waals surface area contributed by atoms with Crippen LogP contribution in [0.25, 0.3) is 0 Å². The second kappa shape index (κ2) is 10.7. The third kappa shape index (κ3) is 8.05. The molecule has 1 saturated carbocycles. The number of alkyl halides is 3. The van der Waals surface area contributed by atoms with Gasteiger partial charge in [0.2, 0.25) is 10.0 Å². The van der Waals surface area contributed by atoms with Crippen molar-refractivity contribution >= 4 is 37.8 Å². The number of nitrogens with zero attached hydrogens (tertiary/aromatic N) is 2. The molecule has 1 saturated heterocycles. The largest absolute Gasteiger partial charge is 0.490 e. The molecule has 1 aliphatic heterocycles. The Labute approximate surface area is 186 Å². The van der Waals surface area contributed by atoms with Gasteiger partial charge in [-0.15, -0.1) is 0 Å². The van der Waals surface area contributed by atoms with E-state index in [1.807, 2.05) is 12.1 Å². The first-order valence-electron chi connectivity index (χ1n) is 9.47. The summed E-state index contributed by atoms with van der Waals surface area (Å²) in [5, 5.41) is 10.3. The molecule has 2 N–H and O–H groups in total. The summed E-state index contributed by atoms with van der Waals surface area (Å²) < 4.78 is 59.2. The van der Waals surface area contributed by atoms with Crippen molar-refractivity contribution in [2.75, 3.05) is 38.5 Å². The number of aliphatic carboxylic acids is 1. The predicted octanol–water partition coefficient (Wildman–Crippen LogP) is 1.92. The SMILES string of the molecule is O=C(O)C(F)(F)F.O=C(c1ccc(Br)cc1)N(CCS(=O)(=O)N1CCNCC1)C1CC1. The van der Waals surface area contributed by atoms with Crippen LogP contribution in [0.2, 0.25) is 0 Å². The van der Waals surface area contributed by atoms with Crippen molar-refractivity contribution in [3.8, 4) is 0 Å². The minimum Gasteiger partial charge on any atom is -0.475 e. The van der Waals surface area contributed by atoms with E-state index in [9.17, 15) is 26.4 Å². The maximum absolute atomic E-state index is 12.7. The number of piperazine rings is 1. The van der Waals surface area contributed by atoms with Gasteiger partial charge in [0.05, 0.1) is 5.75 Å². The number of hydrogen-bond donors (Lipinski definition) is 2. The number of benzene rings is 1. The highest BCUT2D eigenvalue weighted by Crippen LogP contribution is 2.28. The predicted molar refractivity (Wildman–Crippen MR) is 110 cm³/mol. The van der Waals surface area contributed by atoms with E-state index in [0.717, 1.165) is 17.3 Å². The number of carboxylic acid groups (broad SMARTS) is 1. The zero-order valence-electron chi connectivity index (χ0n) is 16.4. The zero-order valence-corrected chi connectivity index (χ0v) is 18.8. The molecule has 0 atom stereocenters. The van der Waals surface area contributed by atoms with Crippen molar-refractivity contribution in [3.05, 3.63) is 34.3 Å². The van der Waals surface area contributed by atoms with Crippen LogP contribution in [0.3, 0.4) is 0 Å². The molecule has 1 heterocycles. The second-order valence-corrected chi connectivity index (χ2v) is 10.0. The lowest BCUT2D eigenvalue weighted by atomic mass is 10.2. The average Bonchev–Trinajstić information content (AvgIpc) is 3.54. The molecule has 1 aliphatic carbocycles. The Balaban J connectivity index is 0.000000423. The first-order valence-corrected chi connectivity index (χ1v) is 11.9. The van der Waals surface area contributed by atoms with Gasteiger partial charge in [0.15, 0.2) is 0 Å². The van der Waals surface area contributed by atoms with E-state index in [-0.39, 0.29) is 24.2 Å². The summed E-state index contributed by atoms with van der Waals surface area (Å²) in [6.45, 7) is 2.64. The van der Waals surface area contributed by atoms with Crippen LogP contribution in [0.1, 0.15) is 23.2 Å². The molecule has 2 fully saturated rings. The van der Waals surface area contributed by atoms with E-state index in [0.29, 0.717) is 31.7 Å². The monoisotopic (exact) mass is 529 g/mol. The second-order valence-electron chi connectivity index (χ2n) is 7.00. The van der Waals surface area contributed by atoms with Crippen molar-refractivity contribution in [1.29, 1.82) is 0 Å². The van der Waals surface area contributed by atoms with E-state index in [2.05, 4.69) is 21.2 Å². The third-order valence-electron chi connectivity index (χ3n) is 4.64. The summed E-state index contributed by atoms with van der Waals surface area (Å²) in [6.07, 6.45) is -3.17. The molecule has 0 spiro atoms. The number of amides is 1. The molecule has 8 nitrogen and oxygen atoms in total. The Bertz CT molecular complexity index is 870. The Morgan fingerprint density at radius 3 is 2.13 bits per heavy atom. The lowest BCUT2D eigenvalue weighted by Crippen LogP contribution is -2.48. The van der Waals surface area contributed by atoms with Crippen LogP contribution < -0.4 is 5.32 Å². The summed E-state index contributed by atoms with van der Waals surface area (Å²) in [4.78, 5) is 23.3. The number of hydrogen-bond acceptors (Lipinski definition) is 5. The normalized spacial score (nSPS) is 17.4. The van der Waals surface area contributed by atoms with Gasteiger partial charge in [0.1, 0.15) is 0 Å². The molecular weight excluding hydrogens is 507 g/mol. The van der Waals surface area contributed by atoms with E-state index >= 15 is 0 Å². The van der Waals surface area contributed by atoms with E-state index in [1.165, 1.54) is 4.31 Å². The molecule has 0 radical (unpaired) electrons. The number of nitrogens with one attached hydrogen (secondary N) is 1. The van der Waals surface area contributed by atoms with E-state index in [4.69, 9.17) is 9.90 Å². The summed E-state index contributed by atoms with van der Waals surface area (Å²) in [5.74, 6) is -2.85. The van der Waals surface area contributed by atoms with E-state index < -0.39 is 22.2 Å². The van der Waals surface area contributed by atoms with Crippen molar-refractivity contribution in [2.24, 2.45) is 0 Å². The van der Waals surface area contributed by atoms with Crippen molar-refractivity contribution in [2.45, 2.75) is 25.1 Å². The molecule has 1 amide bonds. The summed E-state index contributed by atoms with van der Waals surface area (Å²) >= 11 is 3.36. The molecule has 0 aromatic heterocycles. The molecule has 0 bridgehead atoms. The molecule has 1 aromatic rings.